The molecule has 1 fully saturated rings. The molecule has 0 saturated heterocycles. The van der Waals surface area contributed by atoms with E-state index in [1.807, 2.05) is 18.0 Å². The van der Waals surface area contributed by atoms with Crippen LogP contribution >= 0.6 is 0 Å². The van der Waals surface area contributed by atoms with Gasteiger partial charge in [0, 0.05) is 18.7 Å². The molecule has 2 amide bonds. The minimum absolute atomic E-state index is 0.00890. The fourth-order valence-corrected chi connectivity index (χ4v) is 3.69. The molecular formula is C22H26N2O3. The molecule has 1 aliphatic carbocycles. The smallest absolute Gasteiger partial charge is 0.260 e. The standard InChI is InChI=1S/C22H26N2O3/c1-24(19-11-7-17(8-12-19)16-5-3-2-4-6-16)21(25)15-27-20-13-9-18(10-14-20)22(23)26/h2-6,9-10,13-14,17,19H,7-8,11-12,15H2,1H3,(H2,23,26). The van der Waals surface area contributed by atoms with Gasteiger partial charge < -0.3 is 15.4 Å². The Hall–Kier alpha value is -2.82. The maximum Gasteiger partial charge on any atom is 0.260 e. The number of carbonyl (C=O) groups excluding carboxylic acids is 2. The molecule has 0 unspecified atom stereocenters. The molecule has 0 atom stereocenters. The third-order valence-electron chi connectivity index (χ3n) is 5.41. The number of nitrogens with zero attached hydrogens (tertiary/aromatic N) is 1. The van der Waals surface area contributed by atoms with Gasteiger partial charge in [0.2, 0.25) is 5.91 Å². The Morgan fingerprint density at radius 1 is 1.00 bits per heavy atom. The Labute approximate surface area is 160 Å². The van der Waals surface area contributed by atoms with Gasteiger partial charge >= 0.3 is 0 Å². The average Bonchev–Trinajstić information content (AvgIpc) is 2.72. The predicted octanol–water partition coefficient (Wildman–Crippen LogP) is 3.35. The lowest BCUT2D eigenvalue weighted by molar-refractivity contribution is -0.134. The molecule has 27 heavy (non-hydrogen) atoms. The monoisotopic (exact) mass is 366 g/mol. The lowest BCUT2D eigenvalue weighted by Crippen LogP contribution is -2.41. The summed E-state index contributed by atoms with van der Waals surface area (Å²) in [5, 5.41) is 0. The van der Waals surface area contributed by atoms with Crippen LogP contribution in [0, 0.1) is 0 Å². The van der Waals surface area contributed by atoms with Crippen molar-refractivity contribution in [3.8, 4) is 5.75 Å². The number of primary amides is 1. The molecule has 0 radical (unpaired) electrons. The van der Waals surface area contributed by atoms with Crippen LogP contribution in [0.25, 0.3) is 0 Å². The molecule has 142 valence electrons. The summed E-state index contributed by atoms with van der Waals surface area (Å²) in [5.41, 5.74) is 7.03. The van der Waals surface area contributed by atoms with E-state index < -0.39 is 5.91 Å². The first-order valence-electron chi connectivity index (χ1n) is 9.38. The molecule has 3 rings (SSSR count). The van der Waals surface area contributed by atoms with Gasteiger partial charge in [0.1, 0.15) is 5.75 Å². The molecule has 0 aliphatic heterocycles. The van der Waals surface area contributed by atoms with E-state index in [0.29, 0.717) is 17.2 Å². The van der Waals surface area contributed by atoms with Crippen LogP contribution < -0.4 is 10.5 Å². The van der Waals surface area contributed by atoms with E-state index in [0.717, 1.165) is 25.7 Å². The Balaban J connectivity index is 1.47. The second kappa shape index (κ2) is 8.71. The van der Waals surface area contributed by atoms with Crippen LogP contribution in [-0.2, 0) is 4.79 Å². The van der Waals surface area contributed by atoms with E-state index in [2.05, 4.69) is 24.3 Å². The van der Waals surface area contributed by atoms with Gasteiger partial charge in [-0.2, -0.15) is 0 Å². The van der Waals surface area contributed by atoms with Crippen LogP contribution in [0.1, 0.15) is 47.5 Å². The van der Waals surface area contributed by atoms with E-state index in [9.17, 15) is 9.59 Å². The highest BCUT2D eigenvalue weighted by atomic mass is 16.5. The van der Waals surface area contributed by atoms with E-state index in [1.165, 1.54) is 5.56 Å². The van der Waals surface area contributed by atoms with Crippen molar-refractivity contribution in [2.75, 3.05) is 13.7 Å². The highest BCUT2D eigenvalue weighted by Crippen LogP contribution is 2.34. The van der Waals surface area contributed by atoms with Gasteiger partial charge in [-0.1, -0.05) is 30.3 Å². The number of hydrogen-bond acceptors (Lipinski definition) is 3. The normalized spacial score (nSPS) is 19.3. The third kappa shape index (κ3) is 4.88. The van der Waals surface area contributed by atoms with E-state index in [-0.39, 0.29) is 18.6 Å². The summed E-state index contributed by atoms with van der Waals surface area (Å²) in [4.78, 5) is 25.4. The lowest BCUT2D eigenvalue weighted by atomic mass is 9.81. The number of amides is 2. The van der Waals surface area contributed by atoms with Crippen molar-refractivity contribution in [3.63, 3.8) is 0 Å². The number of rotatable bonds is 6. The topological polar surface area (TPSA) is 72.6 Å². The van der Waals surface area contributed by atoms with Crippen molar-refractivity contribution in [2.24, 2.45) is 5.73 Å². The first kappa shape index (κ1) is 19.0. The van der Waals surface area contributed by atoms with E-state index >= 15 is 0 Å². The van der Waals surface area contributed by atoms with Crippen molar-refractivity contribution in [1.82, 2.24) is 4.90 Å². The summed E-state index contributed by atoms with van der Waals surface area (Å²) >= 11 is 0. The number of nitrogens with two attached hydrogens (primary N) is 1. The Morgan fingerprint density at radius 2 is 1.63 bits per heavy atom. The third-order valence-corrected chi connectivity index (χ3v) is 5.41. The fourth-order valence-electron chi connectivity index (χ4n) is 3.69. The van der Waals surface area contributed by atoms with Crippen molar-refractivity contribution < 1.29 is 14.3 Å². The van der Waals surface area contributed by atoms with Crippen LogP contribution in [0.4, 0.5) is 0 Å². The van der Waals surface area contributed by atoms with Crippen molar-refractivity contribution in [2.45, 2.75) is 37.6 Å². The average molecular weight is 366 g/mol. The number of benzene rings is 2. The van der Waals surface area contributed by atoms with Crippen molar-refractivity contribution in [1.29, 1.82) is 0 Å². The highest BCUT2D eigenvalue weighted by molar-refractivity contribution is 5.92. The van der Waals surface area contributed by atoms with Gasteiger partial charge in [0.25, 0.3) is 5.91 Å². The van der Waals surface area contributed by atoms with Crippen LogP contribution in [0.3, 0.4) is 0 Å². The largest absolute Gasteiger partial charge is 0.484 e. The molecule has 5 heteroatoms. The number of ether oxygens (including phenoxy) is 1. The zero-order valence-corrected chi connectivity index (χ0v) is 15.6. The summed E-state index contributed by atoms with van der Waals surface area (Å²) in [7, 11) is 1.86. The minimum Gasteiger partial charge on any atom is -0.484 e. The molecule has 1 aliphatic rings. The predicted molar refractivity (Wildman–Crippen MR) is 105 cm³/mol. The zero-order valence-electron chi connectivity index (χ0n) is 15.6. The maximum absolute atomic E-state index is 12.5. The van der Waals surface area contributed by atoms with Gasteiger partial charge in [0.15, 0.2) is 6.61 Å². The molecule has 5 nitrogen and oxygen atoms in total. The SMILES string of the molecule is CN(C(=O)COc1ccc(C(N)=O)cc1)C1CCC(c2ccccc2)CC1. The summed E-state index contributed by atoms with van der Waals surface area (Å²) in [5.74, 6) is 0.626. The Kier molecular flexibility index (Phi) is 6.12. The molecule has 2 aromatic rings. The first-order chi connectivity index (χ1) is 13.0. The van der Waals surface area contributed by atoms with Gasteiger partial charge in [-0.25, -0.2) is 0 Å². The summed E-state index contributed by atoms with van der Waals surface area (Å²) < 4.78 is 5.56. The number of hydrogen-bond donors (Lipinski definition) is 1. The van der Waals surface area contributed by atoms with E-state index in [4.69, 9.17) is 10.5 Å². The molecule has 2 aromatic carbocycles. The molecule has 2 N–H and O–H groups in total. The first-order valence-corrected chi connectivity index (χ1v) is 9.38. The number of carbonyl (C=O) groups is 2. The second-order valence-electron chi connectivity index (χ2n) is 7.10. The quantitative estimate of drug-likeness (QED) is 0.852. The van der Waals surface area contributed by atoms with Crippen LogP contribution in [0.5, 0.6) is 5.75 Å². The molecular weight excluding hydrogens is 340 g/mol. The molecule has 0 aromatic heterocycles. The molecule has 1 saturated carbocycles. The lowest BCUT2D eigenvalue weighted by Gasteiger charge is -2.34. The number of likely N-dealkylation sites (N-methyl/N-ethyl adjacent to an activating group) is 1. The van der Waals surface area contributed by atoms with Gasteiger partial charge in [-0.05, 0) is 61.4 Å². The summed E-state index contributed by atoms with van der Waals surface area (Å²) in [6, 6.07) is 17.4. The van der Waals surface area contributed by atoms with Gasteiger partial charge in [-0.15, -0.1) is 0 Å². The Morgan fingerprint density at radius 3 is 2.22 bits per heavy atom. The molecule has 0 bridgehead atoms. The second-order valence-corrected chi connectivity index (χ2v) is 7.10. The van der Waals surface area contributed by atoms with Crippen LogP contribution in [-0.4, -0.2) is 36.4 Å². The Bertz CT molecular complexity index is 766. The maximum atomic E-state index is 12.5. The minimum atomic E-state index is -0.483. The fraction of sp³-hybridized carbons (Fsp3) is 0.364. The van der Waals surface area contributed by atoms with Crippen LogP contribution in [0.2, 0.25) is 0 Å². The van der Waals surface area contributed by atoms with Crippen molar-refractivity contribution in [3.05, 3.63) is 65.7 Å². The van der Waals surface area contributed by atoms with Gasteiger partial charge in [-0.3, -0.25) is 9.59 Å². The van der Waals surface area contributed by atoms with E-state index in [1.54, 1.807) is 24.3 Å². The molecule has 0 heterocycles. The van der Waals surface area contributed by atoms with Crippen LogP contribution in [0.15, 0.2) is 54.6 Å². The summed E-state index contributed by atoms with van der Waals surface area (Å²) in [6.07, 6.45) is 4.22. The zero-order chi connectivity index (χ0) is 19.2. The summed E-state index contributed by atoms with van der Waals surface area (Å²) in [6.45, 7) is -0.00890. The van der Waals surface area contributed by atoms with Crippen molar-refractivity contribution >= 4 is 11.8 Å². The highest BCUT2D eigenvalue weighted by Gasteiger charge is 2.27. The van der Waals surface area contributed by atoms with Gasteiger partial charge in [0.05, 0.1) is 0 Å². The molecule has 0 spiro atoms.